The van der Waals surface area contributed by atoms with Gasteiger partial charge in [-0.05, 0) is 144 Å². The largest absolute Gasteiger partial charge is 0.755 e. The number of hydrogen-bond acceptors (Lipinski definition) is 8. The van der Waals surface area contributed by atoms with Gasteiger partial charge < -0.3 is 19.3 Å². The lowest BCUT2D eigenvalue weighted by atomic mass is 9.96. The molecule has 8 rings (SSSR count). The summed E-state index contributed by atoms with van der Waals surface area (Å²) in [4.78, 5) is 55.0. The summed E-state index contributed by atoms with van der Waals surface area (Å²) in [7, 11) is 1.86. The van der Waals surface area contributed by atoms with Crippen molar-refractivity contribution in [3.05, 3.63) is 139 Å². The molecule has 2 aliphatic carbocycles. The molecular formula is C41H35N4O7S-. The Labute approximate surface area is 306 Å². The molecule has 12 heteroatoms. The second-order valence-corrected chi connectivity index (χ2v) is 14.4. The van der Waals surface area contributed by atoms with E-state index >= 15 is 0 Å². The smallest absolute Gasteiger partial charge is 0.351 e. The Bertz CT molecular complexity index is 2640. The molecule has 2 saturated carbocycles. The molecule has 268 valence electrons. The maximum absolute atomic E-state index is 13.9. The van der Waals surface area contributed by atoms with Gasteiger partial charge in [-0.25, -0.2) is 9.59 Å². The summed E-state index contributed by atoms with van der Waals surface area (Å²) < 4.78 is 32.6. The molecule has 0 bridgehead atoms. The van der Waals surface area contributed by atoms with E-state index in [2.05, 4.69) is 10.0 Å². The van der Waals surface area contributed by atoms with Gasteiger partial charge in [-0.2, -0.15) is 0 Å². The predicted octanol–water partition coefficient (Wildman–Crippen LogP) is 6.86. The number of hydrogen-bond donors (Lipinski definition) is 2. The molecule has 0 aliphatic heterocycles. The molecule has 0 saturated heterocycles. The number of fused-ring (bicyclic) bond motifs is 2. The van der Waals surface area contributed by atoms with Crippen molar-refractivity contribution in [3.8, 4) is 22.3 Å². The van der Waals surface area contributed by atoms with Crippen LogP contribution in [0, 0.1) is 13.8 Å². The SMILES string of the molecule is CNc1ccc(-c2ccn3c(=O)c(C(=O)OC(=O)c4cc(C5CC5)c5c(C)c(-c6ccc(NS(=O)[O-])cc6)ccn5c4=O)cc(C4CC4)c3c2C)cc1. The second-order valence-electron chi connectivity index (χ2n) is 13.8. The van der Waals surface area contributed by atoms with Gasteiger partial charge in [0, 0.05) is 42.1 Å². The zero-order valence-corrected chi connectivity index (χ0v) is 30.0. The van der Waals surface area contributed by atoms with E-state index in [1.165, 1.54) is 14.9 Å². The fourth-order valence-corrected chi connectivity index (χ4v) is 7.68. The monoisotopic (exact) mass is 727 g/mol. The first kappa shape index (κ1) is 34.2. The number of pyridine rings is 4. The number of rotatable bonds is 9. The fourth-order valence-electron chi connectivity index (χ4n) is 7.35. The molecule has 2 N–H and O–H groups in total. The van der Waals surface area contributed by atoms with Crippen LogP contribution in [0.2, 0.25) is 0 Å². The van der Waals surface area contributed by atoms with E-state index in [1.54, 1.807) is 48.8 Å². The summed E-state index contributed by atoms with van der Waals surface area (Å²) in [6, 6.07) is 21.6. The Hall–Kier alpha value is -5.85. The highest BCUT2D eigenvalue weighted by atomic mass is 32.2. The summed E-state index contributed by atoms with van der Waals surface area (Å²) in [5, 5.41) is 3.12. The molecule has 1 unspecified atom stereocenters. The predicted molar refractivity (Wildman–Crippen MR) is 203 cm³/mol. The Kier molecular flexibility index (Phi) is 8.58. The maximum atomic E-state index is 13.9. The van der Waals surface area contributed by atoms with E-state index in [1.807, 2.05) is 51.2 Å². The summed E-state index contributed by atoms with van der Waals surface area (Å²) in [6.45, 7) is 3.86. The minimum absolute atomic E-state index is 0.112. The number of esters is 2. The van der Waals surface area contributed by atoms with Crippen molar-refractivity contribution in [2.75, 3.05) is 17.1 Å². The highest BCUT2D eigenvalue weighted by Crippen LogP contribution is 2.45. The number of benzene rings is 2. The third-order valence-corrected chi connectivity index (χ3v) is 10.8. The second kappa shape index (κ2) is 13.3. The summed E-state index contributed by atoms with van der Waals surface area (Å²) in [5.41, 5.74) is 7.94. The van der Waals surface area contributed by atoms with Crippen LogP contribution in [0.15, 0.2) is 94.8 Å². The van der Waals surface area contributed by atoms with Crippen LogP contribution in [0.25, 0.3) is 33.3 Å². The third-order valence-electron chi connectivity index (χ3n) is 10.4. The topological polar surface area (TPSA) is 151 Å². The zero-order valence-electron chi connectivity index (χ0n) is 29.2. The highest BCUT2D eigenvalue weighted by Gasteiger charge is 2.33. The molecule has 2 aliphatic rings. The van der Waals surface area contributed by atoms with Crippen LogP contribution < -0.4 is 21.2 Å². The number of carbonyl (C=O) groups is 2. The number of nitrogens with zero attached hydrogens (tertiary/aromatic N) is 2. The van der Waals surface area contributed by atoms with Gasteiger partial charge in [-0.1, -0.05) is 24.3 Å². The Morgan fingerprint density at radius 1 is 0.698 bits per heavy atom. The lowest BCUT2D eigenvalue weighted by Crippen LogP contribution is -2.29. The summed E-state index contributed by atoms with van der Waals surface area (Å²) in [6.07, 6.45) is 6.81. The van der Waals surface area contributed by atoms with Crippen LogP contribution >= 0.6 is 0 Å². The van der Waals surface area contributed by atoms with Gasteiger partial charge in [-0.3, -0.25) is 22.6 Å². The first-order valence-electron chi connectivity index (χ1n) is 17.4. The van der Waals surface area contributed by atoms with E-state index in [9.17, 15) is 27.9 Å². The zero-order chi connectivity index (χ0) is 37.1. The standard InChI is InChI=1S/C41H36N4O7S/c1-22-30(24-8-12-28(42-3)13-9-24)16-18-44-36(22)32(26-4-5-26)20-34(38(44)46)40(48)52-41(49)35-21-33(27-6-7-27)37-23(2)31(17-19-45(37)39(35)47)25-10-14-29(15-11-25)43-53(50)51/h8-21,26-27,42-43H,4-7H2,1-3H3,(H,50,51)/p-1. The van der Waals surface area contributed by atoms with Crippen molar-refractivity contribution in [2.24, 2.45) is 0 Å². The molecule has 2 aromatic carbocycles. The van der Waals surface area contributed by atoms with Crippen LogP contribution in [-0.2, 0) is 16.0 Å². The number of aromatic nitrogens is 2. The molecule has 4 heterocycles. The van der Waals surface area contributed by atoms with Crippen molar-refractivity contribution in [2.45, 2.75) is 51.4 Å². The molecule has 53 heavy (non-hydrogen) atoms. The summed E-state index contributed by atoms with van der Waals surface area (Å²) >= 11 is -2.45. The molecule has 2 fully saturated rings. The molecule has 6 aromatic rings. The maximum Gasteiger partial charge on any atom is 0.351 e. The molecule has 0 spiro atoms. The minimum atomic E-state index is -2.45. The van der Waals surface area contributed by atoms with Crippen LogP contribution in [0.3, 0.4) is 0 Å². The number of anilines is 2. The van der Waals surface area contributed by atoms with Gasteiger partial charge in [0.15, 0.2) is 0 Å². The average molecular weight is 728 g/mol. The average Bonchev–Trinajstić information content (AvgIpc) is 4.08. The molecule has 0 amide bonds. The highest BCUT2D eigenvalue weighted by molar-refractivity contribution is 7.80. The lowest BCUT2D eigenvalue weighted by molar-refractivity contribution is 0.0395. The first-order chi connectivity index (χ1) is 25.5. The Balaban J connectivity index is 1.14. The quantitative estimate of drug-likeness (QED) is 0.0932. The lowest BCUT2D eigenvalue weighted by Gasteiger charge is -2.17. The van der Waals surface area contributed by atoms with Gasteiger partial charge in [0.2, 0.25) is 0 Å². The van der Waals surface area contributed by atoms with E-state index in [0.29, 0.717) is 11.2 Å². The van der Waals surface area contributed by atoms with Crippen LogP contribution in [0.5, 0.6) is 0 Å². The van der Waals surface area contributed by atoms with E-state index in [0.717, 1.165) is 81.4 Å². The molecule has 1 atom stereocenters. The van der Waals surface area contributed by atoms with Crippen molar-refractivity contribution in [1.29, 1.82) is 0 Å². The molecular weight excluding hydrogens is 693 g/mol. The van der Waals surface area contributed by atoms with Crippen LogP contribution in [0.1, 0.15) is 80.5 Å². The minimum Gasteiger partial charge on any atom is -0.755 e. The van der Waals surface area contributed by atoms with Crippen LogP contribution in [0.4, 0.5) is 11.4 Å². The van der Waals surface area contributed by atoms with Crippen molar-refractivity contribution in [1.82, 2.24) is 8.80 Å². The summed E-state index contributed by atoms with van der Waals surface area (Å²) in [5.74, 6) is -1.96. The van der Waals surface area contributed by atoms with Crippen molar-refractivity contribution < 1.29 is 23.1 Å². The Morgan fingerprint density at radius 2 is 1.11 bits per heavy atom. The molecule has 4 aromatic heterocycles. The van der Waals surface area contributed by atoms with E-state index < -0.39 is 34.3 Å². The normalized spacial score (nSPS) is 14.6. The fraction of sp³-hybridized carbons (Fsp3) is 0.220. The van der Waals surface area contributed by atoms with Gasteiger partial charge in [-0.15, -0.1) is 0 Å². The van der Waals surface area contributed by atoms with Crippen molar-refractivity contribution in [3.63, 3.8) is 0 Å². The van der Waals surface area contributed by atoms with Gasteiger partial charge >= 0.3 is 11.9 Å². The Morgan fingerprint density at radius 3 is 1.49 bits per heavy atom. The molecule has 11 nitrogen and oxygen atoms in total. The third kappa shape index (κ3) is 6.23. The molecule has 0 radical (unpaired) electrons. The van der Waals surface area contributed by atoms with Crippen LogP contribution in [-0.4, -0.2) is 36.5 Å². The number of carbonyl (C=O) groups excluding carboxylic acids is 2. The van der Waals surface area contributed by atoms with E-state index in [-0.39, 0.29) is 23.0 Å². The van der Waals surface area contributed by atoms with E-state index in [4.69, 9.17) is 4.74 Å². The van der Waals surface area contributed by atoms with Gasteiger partial charge in [0.05, 0.1) is 11.0 Å². The first-order valence-corrected chi connectivity index (χ1v) is 18.5. The number of ether oxygens (including phenoxy) is 1. The number of nitrogens with one attached hydrogen (secondary N) is 2. The van der Waals surface area contributed by atoms with Gasteiger partial charge in [0.25, 0.3) is 11.1 Å². The van der Waals surface area contributed by atoms with Crippen molar-refractivity contribution >= 4 is 45.6 Å². The van der Waals surface area contributed by atoms with Gasteiger partial charge in [0.1, 0.15) is 11.1 Å². The number of aryl methyl sites for hydroxylation is 2.